The lowest BCUT2D eigenvalue weighted by atomic mass is 10.1. The molecule has 4 atom stereocenters. The molecule has 0 aromatic carbocycles. The Kier molecular flexibility index (Phi) is 5.61. The SMILES string of the molecule is C[C@H]1CN(c2cc(S(=O)(=O)N[C@@]3(C)C[C@H]3F)cn3c(-c4nnc(C(F)F)s4)ncc23)C[C@H](C)N1. The second kappa shape index (κ2) is 8.14. The molecule has 1 aliphatic carbocycles. The molecule has 2 N–H and O–H groups in total. The van der Waals surface area contributed by atoms with Crippen LogP contribution in [0.25, 0.3) is 16.3 Å². The van der Waals surface area contributed by atoms with Gasteiger partial charge in [0, 0.05) is 37.8 Å². The van der Waals surface area contributed by atoms with Crippen LogP contribution in [0.4, 0.5) is 18.9 Å². The van der Waals surface area contributed by atoms with Gasteiger partial charge in [-0.05, 0) is 26.8 Å². The predicted octanol–water partition coefficient (Wildman–Crippen LogP) is 2.76. The highest BCUT2D eigenvalue weighted by Crippen LogP contribution is 2.40. The van der Waals surface area contributed by atoms with E-state index in [0.29, 0.717) is 35.6 Å². The van der Waals surface area contributed by atoms with Gasteiger partial charge in [0.2, 0.25) is 10.0 Å². The third-order valence-electron chi connectivity index (χ3n) is 6.12. The summed E-state index contributed by atoms with van der Waals surface area (Å²) in [6.07, 6.45) is -0.995. The first-order valence-electron chi connectivity index (χ1n) is 10.8. The Morgan fingerprint density at radius 1 is 1.26 bits per heavy atom. The van der Waals surface area contributed by atoms with Gasteiger partial charge >= 0.3 is 0 Å². The average molecular weight is 516 g/mol. The monoisotopic (exact) mass is 515 g/mol. The molecule has 3 aromatic rings. The van der Waals surface area contributed by atoms with Gasteiger partial charge in [-0.3, -0.25) is 4.40 Å². The highest BCUT2D eigenvalue weighted by atomic mass is 32.2. The van der Waals surface area contributed by atoms with Crippen LogP contribution >= 0.6 is 11.3 Å². The minimum atomic E-state index is -4.09. The van der Waals surface area contributed by atoms with Gasteiger partial charge in [-0.25, -0.2) is 31.3 Å². The number of hydrogen-bond acceptors (Lipinski definition) is 8. The Bertz CT molecular complexity index is 1340. The van der Waals surface area contributed by atoms with Crippen LogP contribution in [-0.2, 0) is 10.0 Å². The van der Waals surface area contributed by atoms with E-state index in [9.17, 15) is 21.6 Å². The van der Waals surface area contributed by atoms with Crippen LogP contribution in [0, 0.1) is 0 Å². The lowest BCUT2D eigenvalue weighted by molar-refractivity contribution is 0.150. The van der Waals surface area contributed by atoms with Crippen molar-refractivity contribution < 1.29 is 21.6 Å². The maximum Gasteiger partial charge on any atom is 0.291 e. The number of anilines is 1. The maximum atomic E-state index is 13.8. The standard InChI is InChI=1S/C20H24F3N7O2S2/c1-10-7-29(8-11(2)25-10)13-4-12(34(31,32)28-20(3)5-15(20)21)9-30-14(13)6-24-17(30)19-27-26-18(33-19)16(22)23/h4,6,9-11,15-16,25,28H,5,7-8H2,1-3H3/t10-,11-,15+,20-/m0/s1. The molecule has 9 nitrogen and oxygen atoms in total. The summed E-state index contributed by atoms with van der Waals surface area (Å²) >= 11 is 0.696. The van der Waals surface area contributed by atoms with Crippen LogP contribution < -0.4 is 14.9 Å². The van der Waals surface area contributed by atoms with E-state index in [1.807, 2.05) is 13.8 Å². The van der Waals surface area contributed by atoms with Crippen LogP contribution in [0.2, 0.25) is 0 Å². The third-order valence-corrected chi connectivity index (χ3v) is 8.63. The Balaban J connectivity index is 1.66. The van der Waals surface area contributed by atoms with Gasteiger partial charge in [-0.1, -0.05) is 11.3 Å². The number of imidazole rings is 1. The van der Waals surface area contributed by atoms with E-state index in [0.717, 1.165) is 0 Å². The Morgan fingerprint density at radius 2 is 1.94 bits per heavy atom. The minimum absolute atomic E-state index is 0.0768. The molecule has 0 spiro atoms. The molecule has 14 heteroatoms. The number of pyridine rings is 1. The molecule has 2 aliphatic rings. The molecule has 0 unspecified atom stereocenters. The number of nitrogens with zero attached hydrogens (tertiary/aromatic N) is 5. The van der Waals surface area contributed by atoms with Crippen molar-refractivity contribution in [2.24, 2.45) is 0 Å². The number of fused-ring (bicyclic) bond motifs is 1. The number of sulfonamides is 1. The van der Waals surface area contributed by atoms with Crippen LogP contribution in [0.5, 0.6) is 0 Å². The van der Waals surface area contributed by atoms with Crippen molar-refractivity contribution in [1.29, 1.82) is 0 Å². The molecule has 4 heterocycles. The van der Waals surface area contributed by atoms with Crippen molar-refractivity contribution in [3.05, 3.63) is 23.5 Å². The van der Waals surface area contributed by atoms with Gasteiger partial charge in [-0.15, -0.1) is 10.2 Å². The first-order chi connectivity index (χ1) is 16.0. The minimum Gasteiger partial charge on any atom is -0.367 e. The summed E-state index contributed by atoms with van der Waals surface area (Å²) in [4.78, 5) is 6.35. The summed E-state index contributed by atoms with van der Waals surface area (Å²) < 4.78 is 70.4. The summed E-state index contributed by atoms with van der Waals surface area (Å²) in [6, 6.07) is 1.86. The summed E-state index contributed by atoms with van der Waals surface area (Å²) in [5, 5.41) is 10.5. The van der Waals surface area contributed by atoms with Gasteiger partial charge in [0.15, 0.2) is 15.8 Å². The van der Waals surface area contributed by atoms with E-state index < -0.39 is 33.2 Å². The average Bonchev–Trinajstić information content (AvgIpc) is 3.15. The molecule has 0 radical (unpaired) electrons. The largest absolute Gasteiger partial charge is 0.367 e. The van der Waals surface area contributed by atoms with Crippen molar-refractivity contribution in [2.75, 3.05) is 18.0 Å². The van der Waals surface area contributed by atoms with Crippen molar-refractivity contribution in [2.45, 2.75) is 62.3 Å². The molecule has 1 aliphatic heterocycles. The Hall–Kier alpha value is -2.29. The molecule has 34 heavy (non-hydrogen) atoms. The fourth-order valence-electron chi connectivity index (χ4n) is 4.33. The van der Waals surface area contributed by atoms with E-state index in [1.165, 1.54) is 17.5 Å². The molecule has 0 bridgehead atoms. The summed E-state index contributed by atoms with van der Waals surface area (Å²) in [6.45, 7) is 6.83. The van der Waals surface area contributed by atoms with E-state index in [4.69, 9.17) is 0 Å². The first-order valence-corrected chi connectivity index (χ1v) is 13.1. The smallest absolute Gasteiger partial charge is 0.291 e. The van der Waals surface area contributed by atoms with Gasteiger partial charge in [0.25, 0.3) is 6.43 Å². The molecular formula is C20H24F3N7O2S2. The van der Waals surface area contributed by atoms with Gasteiger partial charge in [0.05, 0.1) is 22.9 Å². The second-order valence-corrected chi connectivity index (χ2v) is 11.9. The molecule has 3 aromatic heterocycles. The highest BCUT2D eigenvalue weighted by Gasteiger charge is 2.53. The number of aromatic nitrogens is 4. The normalized spacial score (nSPS) is 27.6. The number of rotatable bonds is 6. The van der Waals surface area contributed by atoms with E-state index in [1.54, 1.807) is 12.3 Å². The van der Waals surface area contributed by atoms with Crippen molar-refractivity contribution >= 4 is 32.6 Å². The van der Waals surface area contributed by atoms with Crippen LogP contribution in [0.15, 0.2) is 23.4 Å². The van der Waals surface area contributed by atoms with E-state index in [2.05, 4.69) is 30.1 Å². The predicted molar refractivity (Wildman–Crippen MR) is 122 cm³/mol. The van der Waals surface area contributed by atoms with E-state index >= 15 is 0 Å². The molecule has 0 amide bonds. The van der Waals surface area contributed by atoms with E-state index in [-0.39, 0.29) is 34.2 Å². The number of nitrogens with one attached hydrogen (secondary N) is 2. The van der Waals surface area contributed by atoms with Crippen molar-refractivity contribution in [3.8, 4) is 10.8 Å². The number of alkyl halides is 3. The maximum absolute atomic E-state index is 13.8. The van der Waals surface area contributed by atoms with Crippen LogP contribution in [0.3, 0.4) is 0 Å². The van der Waals surface area contributed by atoms with Crippen LogP contribution in [0.1, 0.15) is 38.6 Å². The zero-order valence-corrected chi connectivity index (χ0v) is 20.3. The molecule has 5 rings (SSSR count). The summed E-state index contributed by atoms with van der Waals surface area (Å²) in [5.41, 5.74) is 0.0815. The number of piperazine rings is 1. The van der Waals surface area contributed by atoms with Crippen molar-refractivity contribution in [1.82, 2.24) is 29.6 Å². The Morgan fingerprint density at radius 3 is 2.53 bits per heavy atom. The second-order valence-electron chi connectivity index (χ2n) is 9.21. The van der Waals surface area contributed by atoms with Crippen LogP contribution in [-0.4, -0.2) is 64.9 Å². The molecule has 2 fully saturated rings. The lowest BCUT2D eigenvalue weighted by Gasteiger charge is -2.38. The number of hydrogen-bond donors (Lipinski definition) is 2. The van der Waals surface area contributed by atoms with Gasteiger partial charge in [-0.2, -0.15) is 0 Å². The molecule has 184 valence electrons. The molecule has 1 saturated carbocycles. The summed E-state index contributed by atoms with van der Waals surface area (Å²) in [5.74, 6) is 0.204. The molecular weight excluding hydrogens is 491 g/mol. The highest BCUT2D eigenvalue weighted by molar-refractivity contribution is 7.89. The Labute approximate surface area is 198 Å². The number of halogens is 3. The first kappa shape index (κ1) is 23.5. The quantitative estimate of drug-likeness (QED) is 0.520. The fraction of sp³-hybridized carbons (Fsp3) is 0.550. The summed E-state index contributed by atoms with van der Waals surface area (Å²) in [7, 11) is -4.09. The third kappa shape index (κ3) is 4.16. The van der Waals surface area contributed by atoms with Gasteiger partial charge in [0.1, 0.15) is 11.1 Å². The van der Waals surface area contributed by atoms with Gasteiger partial charge < -0.3 is 10.2 Å². The zero-order chi connectivity index (χ0) is 24.4. The molecule has 1 saturated heterocycles. The lowest BCUT2D eigenvalue weighted by Crippen LogP contribution is -2.54. The fourth-order valence-corrected chi connectivity index (χ4v) is 6.48. The zero-order valence-electron chi connectivity index (χ0n) is 18.7. The van der Waals surface area contributed by atoms with Crippen molar-refractivity contribution in [3.63, 3.8) is 0 Å². The topological polar surface area (TPSA) is 105 Å².